The summed E-state index contributed by atoms with van der Waals surface area (Å²) >= 11 is 11.7. The Kier molecular flexibility index (Phi) is 5.78. The molecule has 8 heteroatoms. The van der Waals surface area contributed by atoms with E-state index in [2.05, 4.69) is 10.5 Å². The molecule has 0 aliphatic heterocycles. The van der Waals surface area contributed by atoms with Gasteiger partial charge < -0.3 is 9.26 Å². The zero-order valence-electron chi connectivity index (χ0n) is 12.0. The van der Waals surface area contributed by atoms with Crippen LogP contribution in [0.2, 0.25) is 10.0 Å². The SMILES string of the molecule is Cc1cc(NC(=O)COC(=O)/C=C\c2ccc(Cl)cc2Cl)on1. The summed E-state index contributed by atoms with van der Waals surface area (Å²) in [4.78, 5) is 23.1. The number of esters is 1. The number of hydrogen-bond donors (Lipinski definition) is 1. The fourth-order valence-electron chi connectivity index (χ4n) is 1.58. The minimum absolute atomic E-state index is 0.187. The van der Waals surface area contributed by atoms with Crippen LogP contribution in [-0.4, -0.2) is 23.6 Å². The maximum absolute atomic E-state index is 11.6. The minimum atomic E-state index is -0.681. The van der Waals surface area contributed by atoms with Gasteiger partial charge in [0.15, 0.2) is 6.61 Å². The van der Waals surface area contributed by atoms with E-state index < -0.39 is 18.5 Å². The third-order valence-corrected chi connectivity index (χ3v) is 3.16. The lowest BCUT2D eigenvalue weighted by atomic mass is 10.2. The molecule has 0 radical (unpaired) electrons. The minimum Gasteiger partial charge on any atom is -0.452 e. The summed E-state index contributed by atoms with van der Waals surface area (Å²) in [6.07, 6.45) is 2.64. The Labute approximate surface area is 142 Å². The molecule has 6 nitrogen and oxygen atoms in total. The predicted molar refractivity (Wildman–Crippen MR) is 86.3 cm³/mol. The van der Waals surface area contributed by atoms with Gasteiger partial charge in [0.25, 0.3) is 5.91 Å². The molecule has 1 amide bonds. The normalized spacial score (nSPS) is 10.7. The molecule has 0 saturated heterocycles. The number of halogens is 2. The number of hydrogen-bond acceptors (Lipinski definition) is 5. The van der Waals surface area contributed by atoms with Crippen LogP contribution in [0.1, 0.15) is 11.3 Å². The lowest BCUT2D eigenvalue weighted by molar-refractivity contribution is -0.142. The summed E-state index contributed by atoms with van der Waals surface area (Å²) in [7, 11) is 0. The van der Waals surface area contributed by atoms with Crippen molar-refractivity contribution in [1.82, 2.24) is 5.16 Å². The lowest BCUT2D eigenvalue weighted by Crippen LogP contribution is -2.19. The quantitative estimate of drug-likeness (QED) is 0.656. The highest BCUT2D eigenvalue weighted by Gasteiger charge is 2.08. The number of nitrogens with zero attached hydrogens (tertiary/aromatic N) is 1. The molecule has 0 spiro atoms. The summed E-state index contributed by atoms with van der Waals surface area (Å²) in [5.41, 5.74) is 1.23. The van der Waals surface area contributed by atoms with Crippen molar-refractivity contribution in [2.24, 2.45) is 0 Å². The van der Waals surface area contributed by atoms with Crippen LogP contribution < -0.4 is 5.32 Å². The number of rotatable bonds is 5. The highest BCUT2D eigenvalue weighted by molar-refractivity contribution is 6.35. The summed E-state index contributed by atoms with van der Waals surface area (Å²) in [5.74, 6) is -1.03. The van der Waals surface area contributed by atoms with Crippen LogP contribution in [0.4, 0.5) is 5.88 Å². The second-order valence-corrected chi connectivity index (χ2v) is 5.33. The van der Waals surface area contributed by atoms with Gasteiger partial charge in [-0.15, -0.1) is 0 Å². The van der Waals surface area contributed by atoms with Gasteiger partial charge in [0.05, 0.1) is 5.69 Å². The van der Waals surface area contributed by atoms with Gasteiger partial charge in [-0.05, 0) is 30.7 Å². The largest absolute Gasteiger partial charge is 0.452 e. The monoisotopic (exact) mass is 354 g/mol. The smallest absolute Gasteiger partial charge is 0.331 e. The summed E-state index contributed by atoms with van der Waals surface area (Å²) in [6.45, 7) is 1.27. The molecule has 1 N–H and O–H groups in total. The molecule has 1 aromatic carbocycles. The molecule has 2 aromatic rings. The first-order chi connectivity index (χ1) is 10.9. The van der Waals surface area contributed by atoms with Crippen molar-refractivity contribution >= 4 is 47.0 Å². The van der Waals surface area contributed by atoms with Gasteiger partial charge in [-0.2, -0.15) is 0 Å². The maximum atomic E-state index is 11.6. The highest BCUT2D eigenvalue weighted by Crippen LogP contribution is 2.21. The van der Waals surface area contributed by atoms with Gasteiger partial charge in [-0.3, -0.25) is 10.1 Å². The molecule has 0 unspecified atom stereocenters. The van der Waals surface area contributed by atoms with Crippen molar-refractivity contribution in [1.29, 1.82) is 0 Å². The fraction of sp³-hybridized carbons (Fsp3) is 0.133. The maximum Gasteiger partial charge on any atom is 0.331 e. The first-order valence-corrected chi connectivity index (χ1v) is 7.22. The Morgan fingerprint density at radius 3 is 2.78 bits per heavy atom. The van der Waals surface area contributed by atoms with Crippen molar-refractivity contribution in [3.05, 3.63) is 51.6 Å². The Bertz CT molecular complexity index is 756. The molecule has 0 bridgehead atoms. The van der Waals surface area contributed by atoms with E-state index >= 15 is 0 Å². The van der Waals surface area contributed by atoms with E-state index in [0.29, 0.717) is 21.3 Å². The Hall–Kier alpha value is -2.31. The number of benzene rings is 1. The van der Waals surface area contributed by atoms with Gasteiger partial charge in [-0.25, -0.2) is 4.79 Å². The standard InChI is InChI=1S/C15H12Cl2N2O4/c1-9-6-14(23-19-9)18-13(20)8-22-15(21)5-3-10-2-4-11(16)7-12(10)17/h2-7H,8H2,1H3,(H,18,20)/b5-3-. The molecule has 120 valence electrons. The van der Waals surface area contributed by atoms with Gasteiger partial charge >= 0.3 is 5.97 Å². The summed E-state index contributed by atoms with van der Waals surface area (Å²) < 4.78 is 9.61. The third-order valence-electron chi connectivity index (χ3n) is 2.60. The van der Waals surface area contributed by atoms with Gasteiger partial charge in [0.2, 0.25) is 5.88 Å². The Morgan fingerprint density at radius 2 is 2.13 bits per heavy atom. The van der Waals surface area contributed by atoms with Crippen molar-refractivity contribution in [3.63, 3.8) is 0 Å². The lowest BCUT2D eigenvalue weighted by Gasteiger charge is -2.02. The zero-order chi connectivity index (χ0) is 16.8. The van der Waals surface area contributed by atoms with Crippen LogP contribution in [0.15, 0.2) is 34.9 Å². The Balaban J connectivity index is 1.82. The number of amides is 1. The van der Waals surface area contributed by atoms with E-state index in [1.807, 2.05) is 0 Å². The van der Waals surface area contributed by atoms with Gasteiger partial charge in [0, 0.05) is 22.2 Å². The number of anilines is 1. The molecular weight excluding hydrogens is 343 g/mol. The number of ether oxygens (including phenoxy) is 1. The van der Waals surface area contributed by atoms with Crippen molar-refractivity contribution in [2.75, 3.05) is 11.9 Å². The average Bonchev–Trinajstić information content (AvgIpc) is 2.89. The molecule has 0 saturated carbocycles. The predicted octanol–water partition coefficient (Wildman–Crippen LogP) is 3.48. The van der Waals surface area contributed by atoms with E-state index in [9.17, 15) is 9.59 Å². The van der Waals surface area contributed by atoms with Crippen molar-refractivity contribution < 1.29 is 18.8 Å². The molecule has 0 aliphatic rings. The van der Waals surface area contributed by atoms with Crippen LogP contribution in [0.5, 0.6) is 0 Å². The summed E-state index contributed by atoms with van der Waals surface area (Å²) in [5, 5.41) is 6.91. The van der Waals surface area contributed by atoms with Crippen LogP contribution in [0, 0.1) is 6.92 Å². The first kappa shape index (κ1) is 17.1. The third kappa shape index (κ3) is 5.43. The number of carbonyl (C=O) groups is 2. The first-order valence-electron chi connectivity index (χ1n) is 6.47. The van der Waals surface area contributed by atoms with Crippen molar-refractivity contribution in [2.45, 2.75) is 6.92 Å². The van der Waals surface area contributed by atoms with Gasteiger partial charge in [-0.1, -0.05) is 34.4 Å². The van der Waals surface area contributed by atoms with Crippen LogP contribution in [-0.2, 0) is 14.3 Å². The number of carbonyl (C=O) groups excluding carboxylic acids is 2. The number of aromatic nitrogens is 1. The van der Waals surface area contributed by atoms with E-state index in [4.69, 9.17) is 32.5 Å². The summed E-state index contributed by atoms with van der Waals surface area (Å²) in [6, 6.07) is 6.40. The molecule has 1 heterocycles. The zero-order valence-corrected chi connectivity index (χ0v) is 13.5. The van der Waals surface area contributed by atoms with Crippen LogP contribution >= 0.6 is 23.2 Å². The number of nitrogens with one attached hydrogen (secondary N) is 1. The van der Waals surface area contributed by atoms with E-state index in [0.717, 1.165) is 0 Å². The van der Waals surface area contributed by atoms with E-state index in [1.165, 1.54) is 12.2 Å². The molecule has 23 heavy (non-hydrogen) atoms. The topological polar surface area (TPSA) is 81.4 Å². The molecule has 2 rings (SSSR count). The molecular formula is C15H12Cl2N2O4. The van der Waals surface area contributed by atoms with Crippen LogP contribution in [0.3, 0.4) is 0 Å². The fourth-order valence-corrected chi connectivity index (χ4v) is 2.05. The second-order valence-electron chi connectivity index (χ2n) is 4.49. The Morgan fingerprint density at radius 1 is 1.35 bits per heavy atom. The highest BCUT2D eigenvalue weighted by atomic mass is 35.5. The molecule has 0 fully saturated rings. The molecule has 0 aliphatic carbocycles. The number of aryl methyl sites for hydroxylation is 1. The van der Waals surface area contributed by atoms with E-state index in [-0.39, 0.29) is 5.88 Å². The second kappa shape index (κ2) is 7.80. The molecule has 0 atom stereocenters. The van der Waals surface area contributed by atoms with E-state index in [1.54, 1.807) is 31.2 Å². The van der Waals surface area contributed by atoms with Crippen LogP contribution in [0.25, 0.3) is 6.08 Å². The average molecular weight is 355 g/mol. The molecule has 1 aromatic heterocycles. The van der Waals surface area contributed by atoms with Crippen molar-refractivity contribution in [3.8, 4) is 0 Å². The van der Waals surface area contributed by atoms with Gasteiger partial charge in [0.1, 0.15) is 0 Å².